The van der Waals surface area contributed by atoms with E-state index in [1.54, 1.807) is 29.1 Å². The standard InChI is InChI=1S/C24H25F3N6O/c25-24(26,27)15-32-13-18(19-10-4-5-12-28-19)21(14-32)29-23(34)30-22-17-9-6-11-20(17)31-33(22)16-7-2-1-3-8-16/h1-5,7-8,10,12,18,21H,6,9,11,13-15H2,(H2,29,30,34). The number of para-hydroxylation sites is 1. The van der Waals surface area contributed by atoms with E-state index >= 15 is 0 Å². The second-order valence-electron chi connectivity index (χ2n) is 8.75. The van der Waals surface area contributed by atoms with Gasteiger partial charge in [0.1, 0.15) is 5.82 Å². The lowest BCUT2D eigenvalue weighted by Gasteiger charge is -2.20. The van der Waals surface area contributed by atoms with E-state index in [2.05, 4.69) is 15.6 Å². The Kier molecular flexibility index (Phi) is 5.99. The molecule has 2 unspecified atom stereocenters. The Morgan fingerprint density at radius 3 is 2.59 bits per heavy atom. The van der Waals surface area contributed by atoms with Crippen LogP contribution in [0.15, 0.2) is 54.7 Å². The molecule has 2 aliphatic rings. The van der Waals surface area contributed by atoms with Gasteiger partial charge in [-0.2, -0.15) is 18.3 Å². The molecule has 1 aromatic carbocycles. The fraction of sp³-hybridized carbons (Fsp3) is 0.375. The van der Waals surface area contributed by atoms with Crippen LogP contribution in [0, 0.1) is 0 Å². The van der Waals surface area contributed by atoms with Crippen molar-refractivity contribution in [3.05, 3.63) is 71.7 Å². The molecule has 0 radical (unpaired) electrons. The fourth-order valence-corrected chi connectivity index (χ4v) is 4.90. The molecule has 2 atom stereocenters. The van der Waals surface area contributed by atoms with Crippen molar-refractivity contribution >= 4 is 11.8 Å². The highest BCUT2D eigenvalue weighted by Crippen LogP contribution is 2.32. The predicted octanol–water partition coefficient (Wildman–Crippen LogP) is 3.91. The first-order valence-electron chi connectivity index (χ1n) is 11.3. The van der Waals surface area contributed by atoms with Gasteiger partial charge in [0.2, 0.25) is 0 Å². The first-order valence-corrected chi connectivity index (χ1v) is 11.3. The maximum Gasteiger partial charge on any atom is 0.401 e. The van der Waals surface area contributed by atoms with E-state index in [9.17, 15) is 18.0 Å². The fourth-order valence-electron chi connectivity index (χ4n) is 4.90. The van der Waals surface area contributed by atoms with E-state index in [1.807, 2.05) is 30.3 Å². The van der Waals surface area contributed by atoms with Crippen molar-refractivity contribution in [1.29, 1.82) is 0 Å². The Morgan fingerprint density at radius 2 is 1.85 bits per heavy atom. The molecular formula is C24H25F3N6O. The SMILES string of the molecule is O=C(Nc1c2c(nn1-c1ccccc1)CCC2)NC1CN(CC(F)(F)F)CC1c1ccccn1. The Labute approximate surface area is 195 Å². The number of amides is 2. The van der Waals surface area contributed by atoms with E-state index in [-0.39, 0.29) is 19.0 Å². The average molecular weight is 470 g/mol. The number of benzene rings is 1. The summed E-state index contributed by atoms with van der Waals surface area (Å²) in [6, 6.07) is 13.9. The largest absolute Gasteiger partial charge is 0.401 e. The Hall–Kier alpha value is -3.40. The van der Waals surface area contributed by atoms with Gasteiger partial charge in [0, 0.05) is 36.5 Å². The molecule has 1 saturated heterocycles. The number of fused-ring (bicyclic) bond motifs is 1. The molecule has 0 bridgehead atoms. The smallest absolute Gasteiger partial charge is 0.333 e. The van der Waals surface area contributed by atoms with Crippen molar-refractivity contribution < 1.29 is 18.0 Å². The molecule has 5 rings (SSSR count). The number of alkyl halides is 3. The number of hydrogen-bond donors (Lipinski definition) is 2. The molecule has 1 aliphatic heterocycles. The van der Waals surface area contributed by atoms with Gasteiger partial charge in [0.15, 0.2) is 0 Å². The number of carbonyl (C=O) groups is 1. The van der Waals surface area contributed by atoms with Crippen LogP contribution in [0.4, 0.5) is 23.8 Å². The van der Waals surface area contributed by atoms with Crippen LogP contribution in [-0.4, -0.2) is 57.5 Å². The van der Waals surface area contributed by atoms with Gasteiger partial charge < -0.3 is 5.32 Å². The molecule has 0 saturated carbocycles. The minimum absolute atomic E-state index is 0.0875. The van der Waals surface area contributed by atoms with Crippen LogP contribution in [0.25, 0.3) is 5.69 Å². The molecule has 34 heavy (non-hydrogen) atoms. The highest BCUT2D eigenvalue weighted by Gasteiger charge is 2.41. The van der Waals surface area contributed by atoms with Gasteiger partial charge >= 0.3 is 12.2 Å². The second-order valence-corrected chi connectivity index (χ2v) is 8.75. The van der Waals surface area contributed by atoms with Crippen LogP contribution in [-0.2, 0) is 12.8 Å². The van der Waals surface area contributed by atoms with Gasteiger partial charge in [-0.05, 0) is 43.5 Å². The van der Waals surface area contributed by atoms with E-state index in [4.69, 9.17) is 5.10 Å². The summed E-state index contributed by atoms with van der Waals surface area (Å²) < 4.78 is 40.9. The molecule has 3 aromatic rings. The summed E-state index contributed by atoms with van der Waals surface area (Å²) in [5.74, 6) is 0.259. The third kappa shape index (κ3) is 4.77. The maximum atomic E-state index is 13.1. The third-order valence-corrected chi connectivity index (χ3v) is 6.32. The first-order chi connectivity index (χ1) is 16.4. The number of aryl methyl sites for hydroxylation is 1. The summed E-state index contributed by atoms with van der Waals surface area (Å²) in [6.07, 6.45) is -0.0606. The number of anilines is 1. The minimum atomic E-state index is -4.31. The number of nitrogens with one attached hydrogen (secondary N) is 2. The van der Waals surface area contributed by atoms with Gasteiger partial charge in [-0.1, -0.05) is 24.3 Å². The van der Waals surface area contributed by atoms with E-state index in [0.717, 1.165) is 36.2 Å². The highest BCUT2D eigenvalue weighted by molar-refractivity contribution is 5.90. The molecule has 0 spiro atoms. The lowest BCUT2D eigenvalue weighted by Crippen LogP contribution is -2.43. The van der Waals surface area contributed by atoms with Crippen LogP contribution >= 0.6 is 0 Å². The van der Waals surface area contributed by atoms with Gasteiger partial charge in [0.25, 0.3) is 0 Å². The summed E-state index contributed by atoms with van der Waals surface area (Å²) in [5, 5.41) is 10.5. The van der Waals surface area contributed by atoms with Crippen molar-refractivity contribution in [3.8, 4) is 5.69 Å². The molecule has 2 aromatic heterocycles. The quantitative estimate of drug-likeness (QED) is 0.593. The zero-order valence-electron chi connectivity index (χ0n) is 18.4. The number of aromatic nitrogens is 3. The zero-order valence-corrected chi connectivity index (χ0v) is 18.4. The molecule has 2 amide bonds. The maximum absolute atomic E-state index is 13.1. The predicted molar refractivity (Wildman–Crippen MR) is 121 cm³/mol. The van der Waals surface area contributed by atoms with Gasteiger partial charge in [-0.25, -0.2) is 9.48 Å². The summed E-state index contributed by atoms with van der Waals surface area (Å²) in [6.45, 7) is -0.770. The van der Waals surface area contributed by atoms with Crippen molar-refractivity contribution in [3.63, 3.8) is 0 Å². The lowest BCUT2D eigenvalue weighted by atomic mass is 9.99. The average Bonchev–Trinajstić information content (AvgIpc) is 3.50. The zero-order chi connectivity index (χ0) is 23.7. The Morgan fingerprint density at radius 1 is 1.06 bits per heavy atom. The van der Waals surface area contributed by atoms with Gasteiger partial charge in [-0.15, -0.1) is 0 Å². The molecule has 7 nitrogen and oxygen atoms in total. The normalized spacial score (nSPS) is 20.3. The monoisotopic (exact) mass is 470 g/mol. The number of pyridine rings is 1. The number of halogens is 3. The van der Waals surface area contributed by atoms with Crippen molar-refractivity contribution in [1.82, 2.24) is 25.0 Å². The van der Waals surface area contributed by atoms with Crippen molar-refractivity contribution in [2.24, 2.45) is 0 Å². The minimum Gasteiger partial charge on any atom is -0.333 e. The summed E-state index contributed by atoms with van der Waals surface area (Å²) >= 11 is 0. The number of likely N-dealkylation sites (tertiary alicyclic amines) is 1. The third-order valence-electron chi connectivity index (χ3n) is 6.32. The molecule has 178 valence electrons. The number of rotatable bonds is 5. The van der Waals surface area contributed by atoms with E-state index in [1.165, 1.54) is 4.90 Å². The van der Waals surface area contributed by atoms with Crippen LogP contribution in [0.3, 0.4) is 0 Å². The molecule has 1 aliphatic carbocycles. The lowest BCUT2D eigenvalue weighted by molar-refractivity contribution is -0.143. The first kappa shape index (κ1) is 22.4. The van der Waals surface area contributed by atoms with E-state index < -0.39 is 24.8 Å². The topological polar surface area (TPSA) is 75.1 Å². The van der Waals surface area contributed by atoms with Crippen molar-refractivity contribution in [2.45, 2.75) is 37.4 Å². The molecular weight excluding hydrogens is 445 g/mol. The number of nitrogens with zero attached hydrogens (tertiary/aromatic N) is 4. The van der Waals surface area contributed by atoms with Gasteiger partial charge in [-0.3, -0.25) is 15.2 Å². The second kappa shape index (κ2) is 9.09. The van der Waals surface area contributed by atoms with Crippen LogP contribution in [0.2, 0.25) is 0 Å². The molecule has 2 N–H and O–H groups in total. The van der Waals surface area contributed by atoms with E-state index in [0.29, 0.717) is 11.5 Å². The molecule has 1 fully saturated rings. The number of hydrogen-bond acceptors (Lipinski definition) is 4. The highest BCUT2D eigenvalue weighted by atomic mass is 19.4. The molecule has 10 heteroatoms. The molecule has 3 heterocycles. The summed E-state index contributed by atoms with van der Waals surface area (Å²) in [4.78, 5) is 18.7. The van der Waals surface area contributed by atoms with Crippen LogP contribution in [0.5, 0.6) is 0 Å². The Bertz CT molecular complexity index is 1150. The number of carbonyl (C=O) groups excluding carboxylic acids is 1. The summed E-state index contributed by atoms with van der Waals surface area (Å²) in [7, 11) is 0. The van der Waals surface area contributed by atoms with Crippen molar-refractivity contribution in [2.75, 3.05) is 25.0 Å². The van der Waals surface area contributed by atoms with Crippen LogP contribution < -0.4 is 10.6 Å². The Balaban J connectivity index is 1.36. The van der Waals surface area contributed by atoms with Crippen LogP contribution in [0.1, 0.15) is 29.3 Å². The van der Waals surface area contributed by atoms with Gasteiger partial charge in [0.05, 0.1) is 24.0 Å². The summed E-state index contributed by atoms with van der Waals surface area (Å²) in [5.41, 5.74) is 3.46. The number of urea groups is 1.